The van der Waals surface area contributed by atoms with Crippen molar-refractivity contribution in [1.82, 2.24) is 5.48 Å². The third kappa shape index (κ3) is 4.55. The van der Waals surface area contributed by atoms with Crippen molar-refractivity contribution in [3.8, 4) is 0 Å². The van der Waals surface area contributed by atoms with Crippen LogP contribution in [0.15, 0.2) is 49.0 Å². The van der Waals surface area contributed by atoms with E-state index in [1.807, 2.05) is 18.2 Å². The first-order valence-electron chi connectivity index (χ1n) is 8.12. The summed E-state index contributed by atoms with van der Waals surface area (Å²) >= 11 is 0. The fourth-order valence-electron chi connectivity index (χ4n) is 2.64. The molecule has 0 amide bonds. The molecular weight excluding hydrogens is 290 g/mol. The Balaban J connectivity index is 1.41. The highest BCUT2D eigenvalue weighted by atomic mass is 16.7. The molecule has 23 heavy (non-hydrogen) atoms. The first-order valence-corrected chi connectivity index (χ1v) is 8.12. The number of rotatable bonds is 7. The summed E-state index contributed by atoms with van der Waals surface area (Å²) in [7, 11) is 0. The van der Waals surface area contributed by atoms with Crippen molar-refractivity contribution in [1.29, 1.82) is 0 Å². The number of ether oxygens (including phenoxy) is 2. The summed E-state index contributed by atoms with van der Waals surface area (Å²) in [6, 6.07) is 14.5. The molecule has 1 fully saturated rings. The topological polar surface area (TPSA) is 39.7 Å². The van der Waals surface area contributed by atoms with Crippen molar-refractivity contribution in [3.05, 3.63) is 54.6 Å². The molecule has 0 spiro atoms. The Morgan fingerprint density at radius 2 is 2.00 bits per heavy atom. The molecule has 122 valence electrons. The number of benzene rings is 2. The van der Waals surface area contributed by atoms with Crippen LogP contribution in [0.25, 0.3) is 16.5 Å². The van der Waals surface area contributed by atoms with Gasteiger partial charge < -0.3 is 9.47 Å². The molecule has 2 aromatic rings. The average molecular weight is 313 g/mol. The molecule has 1 atom stereocenters. The molecule has 0 bridgehead atoms. The van der Waals surface area contributed by atoms with Gasteiger partial charge in [-0.3, -0.25) is 10.3 Å². The van der Waals surface area contributed by atoms with E-state index >= 15 is 0 Å². The molecule has 1 heterocycles. The van der Waals surface area contributed by atoms with Gasteiger partial charge in [-0.1, -0.05) is 43.0 Å². The molecule has 0 aliphatic carbocycles. The second kappa shape index (κ2) is 8.11. The Morgan fingerprint density at radius 1 is 1.13 bits per heavy atom. The maximum absolute atomic E-state index is 5.61. The van der Waals surface area contributed by atoms with Gasteiger partial charge >= 0.3 is 0 Å². The van der Waals surface area contributed by atoms with Crippen LogP contribution in [0.2, 0.25) is 0 Å². The predicted octanol–water partition coefficient (Wildman–Crippen LogP) is 3.87. The summed E-state index contributed by atoms with van der Waals surface area (Å²) in [5.41, 5.74) is 4.64. The smallest absolute Gasteiger partial charge is 0.157 e. The van der Waals surface area contributed by atoms with Crippen molar-refractivity contribution < 1.29 is 14.3 Å². The van der Waals surface area contributed by atoms with E-state index in [1.165, 1.54) is 17.2 Å². The summed E-state index contributed by atoms with van der Waals surface area (Å²) in [5, 5.41) is 2.40. The molecule has 1 saturated heterocycles. The van der Waals surface area contributed by atoms with E-state index in [-0.39, 0.29) is 6.29 Å². The third-order valence-electron chi connectivity index (χ3n) is 3.92. The standard InChI is InChI=1S/C19H23NO3/c1-15(17-10-9-16-6-2-3-7-18(16)14-17)20-23-13-12-22-19-8-4-5-11-21-19/h2-3,6-7,9-10,14,19-20H,1,4-5,8,11-13H2. The fourth-order valence-corrected chi connectivity index (χ4v) is 2.64. The molecule has 1 unspecified atom stereocenters. The molecule has 4 heteroatoms. The van der Waals surface area contributed by atoms with Crippen molar-refractivity contribution in [2.45, 2.75) is 25.6 Å². The van der Waals surface area contributed by atoms with Gasteiger partial charge in [-0.25, -0.2) is 0 Å². The zero-order valence-electron chi connectivity index (χ0n) is 13.3. The first kappa shape index (κ1) is 16.0. The lowest BCUT2D eigenvalue weighted by atomic mass is 10.1. The summed E-state index contributed by atoms with van der Waals surface area (Å²) in [6.07, 6.45) is 3.19. The van der Waals surface area contributed by atoms with E-state index in [1.54, 1.807) is 0 Å². The van der Waals surface area contributed by atoms with Gasteiger partial charge in [0.2, 0.25) is 0 Å². The molecule has 1 N–H and O–H groups in total. The van der Waals surface area contributed by atoms with Crippen LogP contribution >= 0.6 is 0 Å². The average Bonchev–Trinajstić information content (AvgIpc) is 2.61. The van der Waals surface area contributed by atoms with Crippen LogP contribution in [0.5, 0.6) is 0 Å². The van der Waals surface area contributed by atoms with Gasteiger partial charge in [0, 0.05) is 6.61 Å². The van der Waals surface area contributed by atoms with E-state index < -0.39 is 0 Å². The molecule has 1 aliphatic heterocycles. The normalized spacial score (nSPS) is 18.0. The largest absolute Gasteiger partial charge is 0.353 e. The molecule has 0 aromatic heterocycles. The number of hydrogen-bond acceptors (Lipinski definition) is 4. The third-order valence-corrected chi connectivity index (χ3v) is 3.92. The minimum atomic E-state index is -0.0731. The Kier molecular flexibility index (Phi) is 5.64. The number of hydroxylamine groups is 1. The number of nitrogens with one attached hydrogen (secondary N) is 1. The van der Waals surface area contributed by atoms with Crippen molar-refractivity contribution in [2.75, 3.05) is 19.8 Å². The van der Waals surface area contributed by atoms with Gasteiger partial charge in [-0.05, 0) is 41.7 Å². The quantitative estimate of drug-likeness (QED) is 0.622. The molecular formula is C19H23NO3. The van der Waals surface area contributed by atoms with Crippen molar-refractivity contribution in [2.24, 2.45) is 0 Å². The summed E-state index contributed by atoms with van der Waals surface area (Å²) in [6.45, 7) is 5.77. The summed E-state index contributed by atoms with van der Waals surface area (Å²) < 4.78 is 11.1. The van der Waals surface area contributed by atoms with Gasteiger partial charge in [-0.2, -0.15) is 0 Å². The molecule has 2 aromatic carbocycles. The molecule has 0 radical (unpaired) electrons. The van der Waals surface area contributed by atoms with E-state index in [4.69, 9.17) is 14.3 Å². The van der Waals surface area contributed by atoms with Gasteiger partial charge in [0.1, 0.15) is 0 Å². The lowest BCUT2D eigenvalue weighted by molar-refractivity contribution is -0.171. The maximum atomic E-state index is 5.61. The van der Waals surface area contributed by atoms with Crippen LogP contribution < -0.4 is 5.48 Å². The molecule has 4 nitrogen and oxygen atoms in total. The Labute approximate surface area is 137 Å². The lowest BCUT2D eigenvalue weighted by Gasteiger charge is -2.22. The Hall–Kier alpha value is -1.88. The second-order valence-corrected chi connectivity index (χ2v) is 5.66. The van der Waals surface area contributed by atoms with E-state index in [0.29, 0.717) is 13.2 Å². The fraction of sp³-hybridized carbons (Fsp3) is 0.368. The number of hydrogen-bond donors (Lipinski definition) is 1. The Morgan fingerprint density at radius 3 is 2.83 bits per heavy atom. The second-order valence-electron chi connectivity index (χ2n) is 5.66. The highest BCUT2D eigenvalue weighted by Gasteiger charge is 2.13. The van der Waals surface area contributed by atoms with Crippen LogP contribution in [0.1, 0.15) is 24.8 Å². The van der Waals surface area contributed by atoms with Gasteiger partial charge in [0.05, 0.1) is 18.9 Å². The molecule has 1 aliphatic rings. The molecule has 0 saturated carbocycles. The summed E-state index contributed by atoms with van der Waals surface area (Å²) in [5.74, 6) is 0. The highest BCUT2D eigenvalue weighted by molar-refractivity contribution is 5.85. The van der Waals surface area contributed by atoms with Crippen LogP contribution in [0, 0.1) is 0 Å². The maximum Gasteiger partial charge on any atom is 0.157 e. The van der Waals surface area contributed by atoms with Crippen LogP contribution in [-0.4, -0.2) is 26.1 Å². The van der Waals surface area contributed by atoms with Gasteiger partial charge in [-0.15, -0.1) is 0 Å². The van der Waals surface area contributed by atoms with E-state index in [2.05, 4.69) is 36.3 Å². The molecule has 3 rings (SSSR count). The van der Waals surface area contributed by atoms with Crippen molar-refractivity contribution in [3.63, 3.8) is 0 Å². The van der Waals surface area contributed by atoms with Gasteiger partial charge in [0.25, 0.3) is 0 Å². The summed E-state index contributed by atoms with van der Waals surface area (Å²) in [4.78, 5) is 5.42. The van der Waals surface area contributed by atoms with Crippen LogP contribution in [-0.2, 0) is 14.3 Å². The van der Waals surface area contributed by atoms with Crippen molar-refractivity contribution >= 4 is 16.5 Å². The monoisotopic (exact) mass is 313 g/mol. The van der Waals surface area contributed by atoms with E-state index in [0.717, 1.165) is 30.7 Å². The predicted molar refractivity (Wildman–Crippen MR) is 91.6 cm³/mol. The zero-order chi connectivity index (χ0) is 15.9. The minimum Gasteiger partial charge on any atom is -0.353 e. The first-order chi connectivity index (χ1) is 11.3. The number of fused-ring (bicyclic) bond motifs is 1. The minimum absolute atomic E-state index is 0.0731. The zero-order valence-corrected chi connectivity index (χ0v) is 13.3. The lowest BCUT2D eigenvalue weighted by Crippen LogP contribution is -2.25. The van der Waals surface area contributed by atoms with Crippen LogP contribution in [0.3, 0.4) is 0 Å². The van der Waals surface area contributed by atoms with Gasteiger partial charge in [0.15, 0.2) is 6.29 Å². The Bertz CT molecular complexity index is 650. The highest BCUT2D eigenvalue weighted by Crippen LogP contribution is 2.19. The van der Waals surface area contributed by atoms with Crippen LogP contribution in [0.4, 0.5) is 0 Å². The van der Waals surface area contributed by atoms with E-state index in [9.17, 15) is 0 Å². The SMILES string of the molecule is C=C(NOCCOC1CCCCO1)c1ccc2ccccc2c1.